The highest BCUT2D eigenvalue weighted by atomic mass is 14.9. The van der Waals surface area contributed by atoms with E-state index in [2.05, 4.69) is 49.5 Å². The van der Waals surface area contributed by atoms with Crippen molar-refractivity contribution in [3.63, 3.8) is 0 Å². The fraction of sp³-hybridized carbons (Fsp3) is 0.846. The van der Waals surface area contributed by atoms with Crippen LogP contribution in [0.25, 0.3) is 0 Å². The molecule has 0 spiro atoms. The fourth-order valence-corrected chi connectivity index (χ4v) is 5.55. The van der Waals surface area contributed by atoms with Crippen LogP contribution >= 0.6 is 0 Å². The summed E-state index contributed by atoms with van der Waals surface area (Å²) in [4.78, 5) is 0. The molecule has 0 atom stereocenters. The Balaban J connectivity index is 3.78. The Hall–Kier alpha value is -1.02. The average Bonchev–Trinajstić information content (AvgIpc) is 2.98. The molecule has 0 aliphatic heterocycles. The maximum absolute atomic E-state index is 5.70. The summed E-state index contributed by atoms with van der Waals surface area (Å²) in [7, 11) is 0. The van der Waals surface area contributed by atoms with Crippen molar-refractivity contribution >= 4 is 0 Å². The fourth-order valence-electron chi connectivity index (χ4n) is 5.55. The van der Waals surface area contributed by atoms with Gasteiger partial charge in [0, 0.05) is 12.2 Å². The third-order valence-corrected chi connectivity index (χ3v) is 8.37. The van der Waals surface area contributed by atoms with Gasteiger partial charge in [-0.05, 0) is 50.8 Å². The first-order valence-corrected chi connectivity index (χ1v) is 18.8. The molecule has 0 fully saturated rings. The van der Waals surface area contributed by atoms with E-state index in [4.69, 9.17) is 5.73 Å². The Morgan fingerprint density at radius 3 is 1.22 bits per heavy atom. The molecule has 0 aromatic heterocycles. The van der Waals surface area contributed by atoms with Gasteiger partial charge in [-0.2, -0.15) is 0 Å². The topological polar surface area (TPSA) is 38.0 Å². The second-order valence-corrected chi connectivity index (χ2v) is 12.6. The van der Waals surface area contributed by atoms with Crippen LogP contribution in [0.3, 0.4) is 0 Å². The first kappa shape index (κ1) is 40.0. The Bertz CT molecular complexity index is 562. The number of nitrogens with two attached hydrogens (primary N) is 1. The summed E-state index contributed by atoms with van der Waals surface area (Å²) in [5, 5.41) is 3.57. The lowest BCUT2D eigenvalue weighted by Crippen LogP contribution is -2.16. The van der Waals surface area contributed by atoms with Gasteiger partial charge in [0.25, 0.3) is 0 Å². The van der Waals surface area contributed by atoms with Crippen LogP contribution in [0.4, 0.5) is 0 Å². The van der Waals surface area contributed by atoms with Crippen molar-refractivity contribution in [2.75, 3.05) is 13.1 Å². The molecule has 2 nitrogen and oxygen atoms in total. The van der Waals surface area contributed by atoms with Gasteiger partial charge in [-0.1, -0.05) is 186 Å². The van der Waals surface area contributed by atoms with Crippen molar-refractivity contribution in [3.05, 3.63) is 36.1 Å². The molecule has 41 heavy (non-hydrogen) atoms. The van der Waals surface area contributed by atoms with Crippen LogP contribution in [-0.2, 0) is 0 Å². The molecule has 0 saturated heterocycles. The van der Waals surface area contributed by atoms with Crippen LogP contribution in [0.15, 0.2) is 36.1 Å². The Kier molecular flexibility index (Phi) is 36.1. The first-order chi connectivity index (χ1) is 20.3. The van der Waals surface area contributed by atoms with Crippen LogP contribution in [0.5, 0.6) is 0 Å². The largest absolute Gasteiger partial charge is 0.385 e. The van der Waals surface area contributed by atoms with Gasteiger partial charge in [-0.15, -0.1) is 0 Å². The van der Waals surface area contributed by atoms with Crippen molar-refractivity contribution < 1.29 is 0 Å². The van der Waals surface area contributed by atoms with Crippen molar-refractivity contribution in [2.45, 2.75) is 200 Å². The summed E-state index contributed by atoms with van der Waals surface area (Å²) in [6.45, 7) is 6.30. The van der Waals surface area contributed by atoms with Crippen molar-refractivity contribution in [3.8, 4) is 0 Å². The molecule has 2 heteroatoms. The third-order valence-electron chi connectivity index (χ3n) is 8.37. The SMILES string of the molecule is CCCCCCCCCCCCCCC=CC=C(C=CCCCCCCCCCCCCCCCC)NCCCN. The highest BCUT2D eigenvalue weighted by molar-refractivity contribution is 5.22. The lowest BCUT2D eigenvalue weighted by atomic mass is 10.0. The molecule has 0 aliphatic carbocycles. The van der Waals surface area contributed by atoms with E-state index in [1.165, 1.54) is 185 Å². The van der Waals surface area contributed by atoms with Crippen LogP contribution in [0, 0.1) is 0 Å². The second-order valence-electron chi connectivity index (χ2n) is 12.6. The van der Waals surface area contributed by atoms with Crippen LogP contribution < -0.4 is 11.1 Å². The quantitative estimate of drug-likeness (QED) is 0.0594. The van der Waals surface area contributed by atoms with E-state index in [0.29, 0.717) is 0 Å². The van der Waals surface area contributed by atoms with Gasteiger partial charge >= 0.3 is 0 Å². The van der Waals surface area contributed by atoms with E-state index in [1.54, 1.807) is 0 Å². The first-order valence-electron chi connectivity index (χ1n) is 18.8. The monoisotopic (exact) mass is 573 g/mol. The van der Waals surface area contributed by atoms with E-state index in [0.717, 1.165) is 19.5 Å². The minimum absolute atomic E-state index is 0.748. The molecule has 0 bridgehead atoms. The second kappa shape index (κ2) is 37.0. The number of nitrogens with one attached hydrogen (secondary N) is 1. The molecule has 242 valence electrons. The zero-order valence-electron chi connectivity index (χ0n) is 28.4. The highest BCUT2D eigenvalue weighted by Crippen LogP contribution is 2.14. The summed E-state index contributed by atoms with van der Waals surface area (Å²) in [6.07, 6.45) is 51.9. The average molecular weight is 573 g/mol. The number of allylic oxidation sites excluding steroid dienone is 5. The van der Waals surface area contributed by atoms with Gasteiger partial charge in [-0.25, -0.2) is 0 Å². The Morgan fingerprint density at radius 1 is 0.463 bits per heavy atom. The van der Waals surface area contributed by atoms with E-state index in [1.807, 2.05) is 0 Å². The molecular weight excluding hydrogens is 496 g/mol. The third kappa shape index (κ3) is 35.1. The zero-order chi connectivity index (χ0) is 29.7. The van der Waals surface area contributed by atoms with Gasteiger partial charge in [0.15, 0.2) is 0 Å². The highest BCUT2D eigenvalue weighted by Gasteiger charge is 1.96. The number of hydrogen-bond acceptors (Lipinski definition) is 2. The van der Waals surface area contributed by atoms with E-state index >= 15 is 0 Å². The van der Waals surface area contributed by atoms with Gasteiger partial charge in [-0.3, -0.25) is 0 Å². The Morgan fingerprint density at radius 2 is 0.829 bits per heavy atom. The Labute approximate surface area is 259 Å². The molecule has 0 aromatic carbocycles. The van der Waals surface area contributed by atoms with E-state index in [-0.39, 0.29) is 0 Å². The number of unbranched alkanes of at least 4 members (excludes halogenated alkanes) is 26. The number of rotatable bonds is 34. The molecule has 3 N–H and O–H groups in total. The summed E-state index contributed by atoms with van der Waals surface area (Å²) >= 11 is 0. The molecule has 0 saturated carbocycles. The molecule has 0 heterocycles. The van der Waals surface area contributed by atoms with Crippen molar-refractivity contribution in [1.29, 1.82) is 0 Å². The maximum Gasteiger partial charge on any atom is 0.0336 e. The van der Waals surface area contributed by atoms with Gasteiger partial charge in [0.1, 0.15) is 0 Å². The van der Waals surface area contributed by atoms with Gasteiger partial charge < -0.3 is 11.1 Å². The minimum atomic E-state index is 0.748. The summed E-state index contributed by atoms with van der Waals surface area (Å²) in [5.74, 6) is 0. The summed E-state index contributed by atoms with van der Waals surface area (Å²) in [6, 6.07) is 0. The predicted octanol–water partition coefficient (Wildman–Crippen LogP) is 12.9. The number of hydrogen-bond donors (Lipinski definition) is 2. The van der Waals surface area contributed by atoms with Crippen molar-refractivity contribution in [1.82, 2.24) is 5.32 Å². The summed E-state index contributed by atoms with van der Waals surface area (Å²) < 4.78 is 0. The normalized spacial score (nSPS) is 12.3. The predicted molar refractivity (Wildman–Crippen MR) is 189 cm³/mol. The van der Waals surface area contributed by atoms with Gasteiger partial charge in [0.05, 0.1) is 0 Å². The molecule has 0 rings (SSSR count). The van der Waals surface area contributed by atoms with Crippen LogP contribution in [0.1, 0.15) is 200 Å². The standard InChI is InChI=1S/C39H76N2/c1-3-5-7-9-11-13-15-17-19-21-23-25-27-29-31-33-36-39(41-38-34-37-40)35-32-30-28-26-24-22-20-18-16-14-12-10-8-6-4-2/h30,32-33,35-36,41H,3-29,31,34,37-38,40H2,1-2H3. The van der Waals surface area contributed by atoms with Crippen LogP contribution in [-0.4, -0.2) is 13.1 Å². The molecule has 0 aliphatic rings. The molecule has 0 amide bonds. The zero-order valence-corrected chi connectivity index (χ0v) is 28.4. The minimum Gasteiger partial charge on any atom is -0.385 e. The lowest BCUT2D eigenvalue weighted by Gasteiger charge is -2.06. The molecule has 0 aromatic rings. The van der Waals surface area contributed by atoms with Crippen molar-refractivity contribution in [2.24, 2.45) is 5.73 Å². The molecule has 0 unspecified atom stereocenters. The smallest absolute Gasteiger partial charge is 0.0336 e. The maximum atomic E-state index is 5.70. The van der Waals surface area contributed by atoms with E-state index < -0.39 is 0 Å². The molecular formula is C39H76N2. The lowest BCUT2D eigenvalue weighted by molar-refractivity contribution is 0.536. The summed E-state index contributed by atoms with van der Waals surface area (Å²) in [5.41, 5.74) is 6.93. The molecule has 0 radical (unpaired) electrons. The van der Waals surface area contributed by atoms with E-state index in [9.17, 15) is 0 Å². The van der Waals surface area contributed by atoms with Gasteiger partial charge in [0.2, 0.25) is 0 Å². The van der Waals surface area contributed by atoms with Crippen LogP contribution in [0.2, 0.25) is 0 Å².